The van der Waals surface area contributed by atoms with Gasteiger partial charge < -0.3 is 13.4 Å². The Morgan fingerprint density at radius 1 is 0.533 bits per heavy atom. The van der Waals surface area contributed by atoms with Crippen LogP contribution in [0.5, 0.6) is 0 Å². The number of hydrogen-bond acceptors (Lipinski definition) is 2. The monoisotopic (exact) mass is 389 g/mol. The summed E-state index contributed by atoms with van der Waals surface area (Å²) >= 11 is 0. The molecule has 0 bridgehead atoms. The first kappa shape index (κ1) is 16.1. The van der Waals surface area contributed by atoms with Crippen molar-refractivity contribution in [3.8, 4) is 0 Å². The number of aromatic nitrogens is 1. The maximum absolute atomic E-state index is 6.18. The smallest absolute Gasteiger partial charge is 0.137 e. The molecule has 0 aliphatic heterocycles. The number of furan rings is 2. The van der Waals surface area contributed by atoms with E-state index in [-0.39, 0.29) is 0 Å². The van der Waals surface area contributed by atoms with E-state index < -0.39 is 0 Å². The summed E-state index contributed by atoms with van der Waals surface area (Å²) in [4.78, 5) is 0. The van der Waals surface area contributed by atoms with Gasteiger partial charge in [0.15, 0.2) is 0 Å². The molecule has 0 fully saturated rings. The molecule has 0 aliphatic carbocycles. The third-order valence-corrected chi connectivity index (χ3v) is 6.32. The molecule has 3 heterocycles. The Hall–Kier alpha value is -3.72. The van der Waals surface area contributed by atoms with E-state index in [1.54, 1.807) is 0 Å². The van der Waals surface area contributed by atoms with Crippen LogP contribution in [-0.4, -0.2) is 4.57 Å². The Morgan fingerprint density at radius 3 is 1.47 bits per heavy atom. The van der Waals surface area contributed by atoms with E-state index in [1.165, 1.54) is 21.8 Å². The summed E-state index contributed by atoms with van der Waals surface area (Å²) in [7, 11) is 0. The zero-order valence-electron chi connectivity index (χ0n) is 16.8. The quantitative estimate of drug-likeness (QED) is 0.283. The fraction of sp³-hybridized carbons (Fsp3) is 0.111. The lowest BCUT2D eigenvalue weighted by atomic mass is 10.1. The van der Waals surface area contributed by atoms with Crippen LogP contribution in [0, 0.1) is 0 Å². The van der Waals surface area contributed by atoms with Gasteiger partial charge in [0, 0.05) is 50.5 Å². The van der Waals surface area contributed by atoms with Crippen molar-refractivity contribution in [1.29, 1.82) is 0 Å². The molecule has 7 rings (SSSR count). The van der Waals surface area contributed by atoms with Crippen LogP contribution in [0.3, 0.4) is 0 Å². The number of nitrogens with zero attached hydrogens (tertiary/aromatic N) is 1. The Balaban J connectivity index is 1.71. The summed E-state index contributed by atoms with van der Waals surface area (Å²) < 4.78 is 14.8. The minimum atomic E-state index is 0.314. The van der Waals surface area contributed by atoms with Gasteiger partial charge in [0.1, 0.15) is 22.3 Å². The summed E-state index contributed by atoms with van der Waals surface area (Å²) in [6.45, 7) is 4.45. The summed E-state index contributed by atoms with van der Waals surface area (Å²) in [5, 5.41) is 7.16. The molecular formula is C27H19NO2. The SMILES string of the molecule is CC(C)n1c2cc3oc4ccccc4c3cc2c2cc3c(cc21)oc1ccccc13. The van der Waals surface area contributed by atoms with Crippen molar-refractivity contribution in [2.45, 2.75) is 19.9 Å². The Kier molecular flexibility index (Phi) is 2.93. The van der Waals surface area contributed by atoms with E-state index >= 15 is 0 Å². The summed E-state index contributed by atoms with van der Waals surface area (Å²) in [6.07, 6.45) is 0. The zero-order chi connectivity index (χ0) is 20.0. The highest BCUT2D eigenvalue weighted by Crippen LogP contribution is 2.41. The first-order valence-electron chi connectivity index (χ1n) is 10.4. The Morgan fingerprint density at radius 2 is 1.00 bits per heavy atom. The van der Waals surface area contributed by atoms with Crippen LogP contribution >= 0.6 is 0 Å². The molecule has 0 unspecified atom stereocenters. The van der Waals surface area contributed by atoms with Gasteiger partial charge in [0.2, 0.25) is 0 Å². The van der Waals surface area contributed by atoms with Gasteiger partial charge in [-0.25, -0.2) is 0 Å². The van der Waals surface area contributed by atoms with Crippen molar-refractivity contribution < 1.29 is 8.83 Å². The summed E-state index contributed by atoms with van der Waals surface area (Å²) in [5.41, 5.74) is 6.13. The predicted molar refractivity (Wildman–Crippen MR) is 124 cm³/mol. The molecular weight excluding hydrogens is 370 g/mol. The molecule has 3 heteroatoms. The average Bonchev–Trinajstić information content (AvgIpc) is 3.39. The largest absolute Gasteiger partial charge is 0.456 e. The molecule has 0 N–H and O–H groups in total. The second-order valence-corrected chi connectivity index (χ2v) is 8.39. The van der Waals surface area contributed by atoms with E-state index in [9.17, 15) is 0 Å². The molecule has 3 aromatic heterocycles. The van der Waals surface area contributed by atoms with Crippen molar-refractivity contribution in [3.63, 3.8) is 0 Å². The molecule has 3 nitrogen and oxygen atoms in total. The molecule has 0 saturated heterocycles. The van der Waals surface area contributed by atoms with Gasteiger partial charge in [-0.05, 0) is 38.1 Å². The van der Waals surface area contributed by atoms with Crippen molar-refractivity contribution in [1.82, 2.24) is 4.57 Å². The van der Waals surface area contributed by atoms with E-state index in [1.807, 2.05) is 24.3 Å². The van der Waals surface area contributed by atoms with Crippen LogP contribution < -0.4 is 0 Å². The standard InChI is InChI=1S/C27H19NO2/c1-15(2)28-22-13-26-20(16-7-3-5-9-24(16)29-26)11-18(22)19-12-21-17-8-4-6-10-25(17)30-27(21)14-23(19)28/h3-15H,1-2H3. The Labute approximate surface area is 172 Å². The van der Waals surface area contributed by atoms with Gasteiger partial charge >= 0.3 is 0 Å². The Bertz CT molecular complexity index is 1650. The van der Waals surface area contributed by atoms with Crippen molar-refractivity contribution in [2.75, 3.05) is 0 Å². The molecule has 144 valence electrons. The molecule has 0 amide bonds. The molecule has 30 heavy (non-hydrogen) atoms. The lowest BCUT2D eigenvalue weighted by molar-refractivity contribution is 0.639. The van der Waals surface area contributed by atoms with Gasteiger partial charge in [-0.2, -0.15) is 0 Å². The molecule has 0 atom stereocenters. The van der Waals surface area contributed by atoms with Gasteiger partial charge in [-0.3, -0.25) is 0 Å². The lowest BCUT2D eigenvalue weighted by Crippen LogP contribution is -1.99. The zero-order valence-corrected chi connectivity index (χ0v) is 16.8. The predicted octanol–water partition coefficient (Wildman–Crippen LogP) is 8.17. The highest BCUT2D eigenvalue weighted by Gasteiger charge is 2.19. The third-order valence-electron chi connectivity index (χ3n) is 6.32. The van der Waals surface area contributed by atoms with Crippen LogP contribution in [-0.2, 0) is 0 Å². The number of rotatable bonds is 1. The van der Waals surface area contributed by atoms with E-state index in [2.05, 4.69) is 66.9 Å². The van der Waals surface area contributed by atoms with Gasteiger partial charge in [-0.15, -0.1) is 0 Å². The summed E-state index contributed by atoms with van der Waals surface area (Å²) in [6, 6.07) is 25.8. The van der Waals surface area contributed by atoms with Gasteiger partial charge in [0.25, 0.3) is 0 Å². The average molecular weight is 389 g/mol. The van der Waals surface area contributed by atoms with E-state index in [0.717, 1.165) is 43.9 Å². The van der Waals surface area contributed by atoms with E-state index in [0.29, 0.717) is 6.04 Å². The topological polar surface area (TPSA) is 31.2 Å². The van der Waals surface area contributed by atoms with E-state index in [4.69, 9.17) is 8.83 Å². The first-order chi connectivity index (χ1) is 14.7. The fourth-order valence-corrected chi connectivity index (χ4v) is 5.04. The highest BCUT2D eigenvalue weighted by molar-refractivity contribution is 6.20. The van der Waals surface area contributed by atoms with Crippen molar-refractivity contribution in [3.05, 3.63) is 72.8 Å². The molecule has 7 aromatic rings. The van der Waals surface area contributed by atoms with Gasteiger partial charge in [0.05, 0.1) is 11.0 Å². The number of para-hydroxylation sites is 2. The number of fused-ring (bicyclic) bond motifs is 9. The highest BCUT2D eigenvalue weighted by atomic mass is 16.3. The molecule has 4 aromatic carbocycles. The van der Waals surface area contributed by atoms with Crippen LogP contribution in [0.15, 0.2) is 81.6 Å². The van der Waals surface area contributed by atoms with Crippen LogP contribution in [0.4, 0.5) is 0 Å². The molecule has 0 radical (unpaired) electrons. The fourth-order valence-electron chi connectivity index (χ4n) is 5.04. The summed E-state index contributed by atoms with van der Waals surface area (Å²) in [5.74, 6) is 0. The normalized spacial score (nSPS) is 12.6. The lowest BCUT2D eigenvalue weighted by Gasteiger charge is -2.11. The third kappa shape index (κ3) is 1.94. The van der Waals surface area contributed by atoms with Crippen LogP contribution in [0.25, 0.3) is 65.7 Å². The number of hydrogen-bond donors (Lipinski definition) is 0. The molecule has 0 spiro atoms. The number of benzene rings is 4. The van der Waals surface area contributed by atoms with Crippen molar-refractivity contribution in [2.24, 2.45) is 0 Å². The molecule has 0 aliphatic rings. The maximum Gasteiger partial charge on any atom is 0.137 e. The minimum Gasteiger partial charge on any atom is -0.456 e. The van der Waals surface area contributed by atoms with Crippen molar-refractivity contribution >= 4 is 65.7 Å². The second kappa shape index (κ2) is 5.45. The van der Waals surface area contributed by atoms with Crippen LogP contribution in [0.2, 0.25) is 0 Å². The van der Waals surface area contributed by atoms with Crippen LogP contribution in [0.1, 0.15) is 19.9 Å². The second-order valence-electron chi connectivity index (χ2n) is 8.39. The minimum absolute atomic E-state index is 0.314. The van der Waals surface area contributed by atoms with Gasteiger partial charge in [-0.1, -0.05) is 36.4 Å². The maximum atomic E-state index is 6.18. The molecule has 0 saturated carbocycles. The first-order valence-corrected chi connectivity index (χ1v) is 10.4.